The molecule has 3 aromatic carbocycles. The van der Waals surface area contributed by atoms with E-state index in [1.54, 1.807) is 29.6 Å². The molecule has 0 saturated heterocycles. The first kappa shape index (κ1) is 17.4. The zero-order valence-electron chi connectivity index (χ0n) is 15.5. The normalized spacial score (nSPS) is 15.6. The summed E-state index contributed by atoms with van der Waals surface area (Å²) >= 11 is 0. The average Bonchev–Trinajstić information content (AvgIpc) is 2.75. The van der Waals surface area contributed by atoms with Gasteiger partial charge in [0.15, 0.2) is 0 Å². The predicted octanol–water partition coefficient (Wildman–Crippen LogP) is 6.15. The summed E-state index contributed by atoms with van der Waals surface area (Å²) in [7, 11) is 0. The van der Waals surface area contributed by atoms with Crippen LogP contribution in [0.3, 0.4) is 0 Å². The molecule has 5 rings (SSSR count). The summed E-state index contributed by atoms with van der Waals surface area (Å²) in [5, 5.41) is 5.59. The van der Waals surface area contributed by atoms with E-state index in [4.69, 9.17) is 0 Å². The first-order chi connectivity index (χ1) is 13.4. The van der Waals surface area contributed by atoms with Crippen LogP contribution in [0, 0.1) is 5.92 Å². The Kier molecular flexibility index (Phi) is 5.24. The number of hydrogen-bond donors (Lipinski definition) is 0. The fourth-order valence-corrected chi connectivity index (χ4v) is 4.13. The molecule has 1 atom stereocenters. The summed E-state index contributed by atoms with van der Waals surface area (Å²) in [4.78, 5) is 7.35. The zero-order chi connectivity index (χ0) is 18.5. The van der Waals surface area contributed by atoms with E-state index in [2.05, 4.69) is 71.2 Å². The van der Waals surface area contributed by atoms with Gasteiger partial charge in [0.1, 0.15) is 6.33 Å². The van der Waals surface area contributed by atoms with Crippen LogP contribution in [0.1, 0.15) is 24.0 Å². The topological polar surface area (TPSA) is 25.8 Å². The first-order valence-electron chi connectivity index (χ1n) is 9.60. The van der Waals surface area contributed by atoms with Crippen molar-refractivity contribution in [2.24, 2.45) is 5.92 Å². The van der Waals surface area contributed by atoms with E-state index in [-0.39, 0.29) is 0 Å². The molecule has 0 spiro atoms. The summed E-state index contributed by atoms with van der Waals surface area (Å²) in [5.74, 6) is 0.785. The molecule has 1 heterocycles. The van der Waals surface area contributed by atoms with Gasteiger partial charge in [0.2, 0.25) is 0 Å². The van der Waals surface area contributed by atoms with Gasteiger partial charge in [-0.3, -0.25) is 0 Å². The van der Waals surface area contributed by atoms with Gasteiger partial charge in [-0.25, -0.2) is 9.97 Å². The molecular formula is C25H24N2. The minimum Gasteiger partial charge on any atom is -0.245 e. The van der Waals surface area contributed by atoms with Crippen molar-refractivity contribution in [3.05, 3.63) is 97.1 Å². The van der Waals surface area contributed by atoms with Crippen molar-refractivity contribution in [1.29, 1.82) is 0 Å². The standard InChI is InChI=1S/C21H20.C4H4N2/c1-2-5-15-8-11-19-17(14-15)10-13-20-18-7-4-3-6-16(18)9-12-21(19)20;1-2-5-4-6-3-1/h2-4,6-7,9-10,12-13,15H,1,5,8,11,14H2;1-4H. The van der Waals surface area contributed by atoms with Crippen LogP contribution in [0.5, 0.6) is 0 Å². The number of benzene rings is 3. The summed E-state index contributed by atoms with van der Waals surface area (Å²) in [6, 6.07) is 19.8. The van der Waals surface area contributed by atoms with E-state index in [1.165, 1.54) is 47.1 Å². The van der Waals surface area contributed by atoms with E-state index >= 15 is 0 Å². The molecule has 1 aliphatic carbocycles. The lowest BCUT2D eigenvalue weighted by atomic mass is 9.80. The van der Waals surface area contributed by atoms with E-state index in [0.717, 1.165) is 12.3 Å². The lowest BCUT2D eigenvalue weighted by Crippen LogP contribution is -2.13. The van der Waals surface area contributed by atoms with Crippen molar-refractivity contribution < 1.29 is 0 Å². The number of rotatable bonds is 2. The third-order valence-corrected chi connectivity index (χ3v) is 5.42. The lowest BCUT2D eigenvalue weighted by molar-refractivity contribution is 0.466. The number of aryl methyl sites for hydroxylation is 1. The fraction of sp³-hybridized carbons (Fsp3) is 0.200. The quantitative estimate of drug-likeness (QED) is 0.319. The molecule has 134 valence electrons. The van der Waals surface area contributed by atoms with Crippen LogP contribution >= 0.6 is 0 Å². The van der Waals surface area contributed by atoms with Gasteiger partial charge in [0.05, 0.1) is 0 Å². The van der Waals surface area contributed by atoms with Gasteiger partial charge < -0.3 is 0 Å². The molecular weight excluding hydrogens is 328 g/mol. The van der Waals surface area contributed by atoms with E-state index in [1.807, 2.05) is 0 Å². The van der Waals surface area contributed by atoms with Crippen LogP contribution in [0.25, 0.3) is 21.5 Å². The number of fused-ring (bicyclic) bond motifs is 5. The van der Waals surface area contributed by atoms with Crippen molar-refractivity contribution in [3.8, 4) is 0 Å². The highest BCUT2D eigenvalue weighted by Crippen LogP contribution is 2.35. The molecule has 4 aromatic rings. The maximum Gasteiger partial charge on any atom is 0.115 e. The highest BCUT2D eigenvalue weighted by molar-refractivity contribution is 6.08. The molecule has 1 aromatic heterocycles. The van der Waals surface area contributed by atoms with Crippen LogP contribution in [0.2, 0.25) is 0 Å². The van der Waals surface area contributed by atoms with Gasteiger partial charge in [0.25, 0.3) is 0 Å². The Balaban J connectivity index is 0.000000257. The summed E-state index contributed by atoms with van der Waals surface area (Å²) in [6.45, 7) is 3.89. The van der Waals surface area contributed by atoms with Gasteiger partial charge >= 0.3 is 0 Å². The van der Waals surface area contributed by atoms with Crippen molar-refractivity contribution >= 4 is 21.5 Å². The molecule has 2 heteroatoms. The van der Waals surface area contributed by atoms with Crippen LogP contribution in [-0.2, 0) is 12.8 Å². The number of aromatic nitrogens is 2. The molecule has 0 N–H and O–H groups in total. The van der Waals surface area contributed by atoms with Crippen molar-refractivity contribution in [1.82, 2.24) is 9.97 Å². The Hall–Kier alpha value is -3.00. The largest absolute Gasteiger partial charge is 0.245 e. The Labute approximate surface area is 160 Å². The molecule has 2 nitrogen and oxygen atoms in total. The van der Waals surface area contributed by atoms with Gasteiger partial charge in [-0.2, -0.15) is 0 Å². The predicted molar refractivity (Wildman–Crippen MR) is 114 cm³/mol. The third kappa shape index (κ3) is 3.75. The molecule has 1 unspecified atom stereocenters. The molecule has 27 heavy (non-hydrogen) atoms. The SMILES string of the molecule is C=CCC1CCc2c(ccc3c2ccc2ccccc23)C1.c1cncnc1. The second-order valence-electron chi connectivity index (χ2n) is 7.12. The lowest BCUT2D eigenvalue weighted by Gasteiger charge is -2.25. The summed E-state index contributed by atoms with van der Waals surface area (Å²) in [5.41, 5.74) is 3.13. The number of hydrogen-bond acceptors (Lipinski definition) is 2. The van der Waals surface area contributed by atoms with Gasteiger partial charge in [0, 0.05) is 12.4 Å². The van der Waals surface area contributed by atoms with E-state index < -0.39 is 0 Å². The van der Waals surface area contributed by atoms with Crippen LogP contribution < -0.4 is 0 Å². The van der Waals surface area contributed by atoms with Crippen LogP contribution in [-0.4, -0.2) is 9.97 Å². The fourth-order valence-electron chi connectivity index (χ4n) is 4.13. The molecule has 0 amide bonds. The Morgan fingerprint density at radius 1 is 0.889 bits per heavy atom. The highest BCUT2D eigenvalue weighted by Gasteiger charge is 2.19. The smallest absolute Gasteiger partial charge is 0.115 e. The monoisotopic (exact) mass is 352 g/mol. The second-order valence-corrected chi connectivity index (χ2v) is 7.12. The Bertz CT molecular complexity index is 1030. The molecule has 0 radical (unpaired) electrons. The maximum absolute atomic E-state index is 3.89. The second kappa shape index (κ2) is 8.13. The number of allylic oxidation sites excluding steroid dienone is 1. The third-order valence-electron chi connectivity index (χ3n) is 5.42. The van der Waals surface area contributed by atoms with E-state index in [0.29, 0.717) is 0 Å². The molecule has 0 aliphatic heterocycles. The minimum atomic E-state index is 0.785. The highest BCUT2D eigenvalue weighted by atomic mass is 14.8. The molecule has 0 fully saturated rings. The van der Waals surface area contributed by atoms with Crippen molar-refractivity contribution in [3.63, 3.8) is 0 Å². The van der Waals surface area contributed by atoms with Gasteiger partial charge in [-0.05, 0) is 70.3 Å². The Morgan fingerprint density at radius 3 is 2.44 bits per heavy atom. The van der Waals surface area contributed by atoms with E-state index in [9.17, 15) is 0 Å². The zero-order valence-corrected chi connectivity index (χ0v) is 15.5. The number of nitrogens with zero attached hydrogens (tertiary/aromatic N) is 2. The Morgan fingerprint density at radius 2 is 1.70 bits per heavy atom. The van der Waals surface area contributed by atoms with Crippen LogP contribution in [0.4, 0.5) is 0 Å². The molecule has 0 saturated carbocycles. The molecule has 1 aliphatic rings. The summed E-state index contributed by atoms with van der Waals surface area (Å²) in [6.07, 6.45) is 11.8. The van der Waals surface area contributed by atoms with Gasteiger partial charge in [-0.15, -0.1) is 6.58 Å². The van der Waals surface area contributed by atoms with Crippen molar-refractivity contribution in [2.75, 3.05) is 0 Å². The average molecular weight is 352 g/mol. The van der Waals surface area contributed by atoms with Gasteiger partial charge in [-0.1, -0.05) is 54.6 Å². The summed E-state index contributed by atoms with van der Waals surface area (Å²) < 4.78 is 0. The van der Waals surface area contributed by atoms with Crippen LogP contribution in [0.15, 0.2) is 86.0 Å². The first-order valence-corrected chi connectivity index (χ1v) is 9.60. The van der Waals surface area contributed by atoms with Crippen molar-refractivity contribution in [2.45, 2.75) is 25.7 Å². The molecule has 0 bridgehead atoms. The minimum absolute atomic E-state index is 0.785. The maximum atomic E-state index is 3.89.